The van der Waals surface area contributed by atoms with Gasteiger partial charge in [-0.3, -0.25) is 4.98 Å². The molecule has 3 N–H and O–H groups in total. The summed E-state index contributed by atoms with van der Waals surface area (Å²) in [6.45, 7) is 0. The number of nitrogen functional groups attached to an aromatic ring is 1. The summed E-state index contributed by atoms with van der Waals surface area (Å²) in [6, 6.07) is 13.4. The van der Waals surface area contributed by atoms with Gasteiger partial charge in [0.05, 0.1) is 22.1 Å². The Kier molecular flexibility index (Phi) is 2.97. The van der Waals surface area contributed by atoms with Crippen LogP contribution in [0.2, 0.25) is 5.02 Å². The molecular weight excluding hydrogens is 258 g/mol. The molecule has 0 fully saturated rings. The van der Waals surface area contributed by atoms with Crippen LogP contribution < -0.4 is 11.1 Å². The zero-order valence-corrected chi connectivity index (χ0v) is 10.9. The molecule has 1 heterocycles. The third-order valence-corrected chi connectivity index (χ3v) is 3.33. The van der Waals surface area contributed by atoms with Crippen LogP contribution in [-0.4, -0.2) is 4.98 Å². The smallest absolute Gasteiger partial charge is 0.0640 e. The second-order valence-corrected chi connectivity index (χ2v) is 4.64. The molecule has 0 bridgehead atoms. The number of rotatable bonds is 2. The van der Waals surface area contributed by atoms with Gasteiger partial charge in [-0.1, -0.05) is 29.8 Å². The van der Waals surface area contributed by atoms with Gasteiger partial charge in [-0.25, -0.2) is 0 Å². The van der Waals surface area contributed by atoms with Crippen LogP contribution >= 0.6 is 11.6 Å². The van der Waals surface area contributed by atoms with Gasteiger partial charge in [0.2, 0.25) is 0 Å². The molecule has 0 unspecified atom stereocenters. The van der Waals surface area contributed by atoms with Gasteiger partial charge >= 0.3 is 0 Å². The van der Waals surface area contributed by atoms with E-state index in [2.05, 4.69) is 10.3 Å². The van der Waals surface area contributed by atoms with Crippen molar-refractivity contribution < 1.29 is 0 Å². The third kappa shape index (κ3) is 2.20. The number of nitrogens with two attached hydrogens (primary N) is 1. The molecule has 19 heavy (non-hydrogen) atoms. The van der Waals surface area contributed by atoms with E-state index < -0.39 is 0 Å². The average molecular weight is 270 g/mol. The van der Waals surface area contributed by atoms with E-state index in [1.165, 1.54) is 0 Å². The molecule has 1 aromatic heterocycles. The van der Waals surface area contributed by atoms with E-state index in [0.29, 0.717) is 10.7 Å². The molecule has 4 heteroatoms. The van der Waals surface area contributed by atoms with Crippen LogP contribution in [0.3, 0.4) is 0 Å². The Morgan fingerprint density at radius 1 is 1.00 bits per heavy atom. The number of hydrogen-bond acceptors (Lipinski definition) is 3. The van der Waals surface area contributed by atoms with Crippen molar-refractivity contribution in [2.75, 3.05) is 11.1 Å². The van der Waals surface area contributed by atoms with Gasteiger partial charge in [0.1, 0.15) is 0 Å². The van der Waals surface area contributed by atoms with Crippen LogP contribution in [0, 0.1) is 0 Å². The molecule has 0 saturated heterocycles. The van der Waals surface area contributed by atoms with Crippen LogP contribution in [0.5, 0.6) is 0 Å². The first kappa shape index (κ1) is 11.8. The standard InChI is InChI=1S/C15H12ClN3/c16-12-3-1-2-4-13(12)19-14-6-5-10-9-18-8-7-11(10)15(14)17/h1-9,19H,17H2. The lowest BCUT2D eigenvalue weighted by molar-refractivity contribution is 1.36. The Morgan fingerprint density at radius 3 is 2.68 bits per heavy atom. The highest BCUT2D eigenvalue weighted by molar-refractivity contribution is 6.33. The zero-order chi connectivity index (χ0) is 13.2. The summed E-state index contributed by atoms with van der Waals surface area (Å²) in [7, 11) is 0. The van der Waals surface area contributed by atoms with Gasteiger partial charge in [-0.2, -0.15) is 0 Å². The lowest BCUT2D eigenvalue weighted by Crippen LogP contribution is -1.97. The Balaban J connectivity index is 2.07. The number of nitrogens with zero attached hydrogens (tertiary/aromatic N) is 1. The largest absolute Gasteiger partial charge is 0.397 e. The van der Waals surface area contributed by atoms with Crippen molar-refractivity contribution in [2.45, 2.75) is 0 Å². The fourth-order valence-electron chi connectivity index (χ4n) is 2.01. The second kappa shape index (κ2) is 4.78. The number of nitrogens with one attached hydrogen (secondary N) is 1. The molecule has 3 nitrogen and oxygen atoms in total. The van der Waals surface area contributed by atoms with E-state index in [4.69, 9.17) is 17.3 Å². The number of benzene rings is 2. The highest BCUT2D eigenvalue weighted by Gasteiger charge is 2.06. The van der Waals surface area contributed by atoms with Crippen molar-refractivity contribution in [3.63, 3.8) is 0 Å². The summed E-state index contributed by atoms with van der Waals surface area (Å²) in [4.78, 5) is 4.08. The van der Waals surface area contributed by atoms with Gasteiger partial charge in [0, 0.05) is 23.2 Å². The molecule has 0 amide bonds. The number of pyridine rings is 1. The predicted molar refractivity (Wildman–Crippen MR) is 80.9 cm³/mol. The molecule has 0 spiro atoms. The molecule has 2 aromatic carbocycles. The predicted octanol–water partition coefficient (Wildman–Crippen LogP) is 4.21. The van der Waals surface area contributed by atoms with Crippen LogP contribution in [0.15, 0.2) is 54.9 Å². The summed E-state index contributed by atoms with van der Waals surface area (Å²) >= 11 is 6.13. The van der Waals surface area contributed by atoms with Crippen LogP contribution in [0.25, 0.3) is 10.8 Å². The highest BCUT2D eigenvalue weighted by Crippen LogP contribution is 2.32. The molecule has 0 aliphatic heterocycles. The lowest BCUT2D eigenvalue weighted by atomic mass is 10.1. The number of aromatic nitrogens is 1. The molecule has 0 aliphatic rings. The second-order valence-electron chi connectivity index (χ2n) is 4.23. The van der Waals surface area contributed by atoms with Crippen LogP contribution in [-0.2, 0) is 0 Å². The first-order chi connectivity index (χ1) is 9.25. The fourth-order valence-corrected chi connectivity index (χ4v) is 2.19. The van der Waals surface area contributed by atoms with Crippen molar-refractivity contribution in [1.29, 1.82) is 0 Å². The minimum Gasteiger partial charge on any atom is -0.397 e. The lowest BCUT2D eigenvalue weighted by Gasteiger charge is -2.12. The van der Waals surface area contributed by atoms with E-state index in [1.807, 2.05) is 42.5 Å². The maximum atomic E-state index is 6.18. The molecule has 0 saturated carbocycles. The summed E-state index contributed by atoms with van der Waals surface area (Å²) in [5.74, 6) is 0. The van der Waals surface area contributed by atoms with E-state index in [1.54, 1.807) is 12.4 Å². The topological polar surface area (TPSA) is 50.9 Å². The quantitative estimate of drug-likeness (QED) is 0.685. The minimum absolute atomic E-state index is 0.664. The first-order valence-electron chi connectivity index (χ1n) is 5.89. The Labute approximate surface area is 116 Å². The maximum Gasteiger partial charge on any atom is 0.0640 e. The zero-order valence-electron chi connectivity index (χ0n) is 10.1. The van der Waals surface area contributed by atoms with E-state index >= 15 is 0 Å². The SMILES string of the molecule is Nc1c(Nc2ccccc2Cl)ccc2cnccc12. The molecular formula is C15H12ClN3. The van der Waals surface area contributed by atoms with Gasteiger partial charge < -0.3 is 11.1 Å². The van der Waals surface area contributed by atoms with Gasteiger partial charge in [0.25, 0.3) is 0 Å². The number of hydrogen-bond donors (Lipinski definition) is 2. The number of fused-ring (bicyclic) bond motifs is 1. The molecule has 0 radical (unpaired) electrons. The Morgan fingerprint density at radius 2 is 1.84 bits per heavy atom. The van der Waals surface area contributed by atoms with Crippen molar-refractivity contribution in [2.24, 2.45) is 0 Å². The van der Waals surface area contributed by atoms with Crippen LogP contribution in [0.4, 0.5) is 17.1 Å². The molecule has 3 rings (SSSR count). The molecule has 3 aromatic rings. The number of para-hydroxylation sites is 1. The third-order valence-electron chi connectivity index (χ3n) is 3.00. The highest BCUT2D eigenvalue weighted by atomic mass is 35.5. The van der Waals surface area contributed by atoms with Gasteiger partial charge in [-0.05, 0) is 24.3 Å². The number of anilines is 3. The van der Waals surface area contributed by atoms with Crippen molar-refractivity contribution >= 4 is 39.4 Å². The number of halogens is 1. The summed E-state index contributed by atoms with van der Waals surface area (Å²) in [5, 5.41) is 5.92. The van der Waals surface area contributed by atoms with Crippen molar-refractivity contribution in [3.05, 3.63) is 59.9 Å². The fraction of sp³-hybridized carbons (Fsp3) is 0. The van der Waals surface area contributed by atoms with Gasteiger partial charge in [0.15, 0.2) is 0 Å². The minimum atomic E-state index is 0.664. The maximum absolute atomic E-state index is 6.18. The summed E-state index contributed by atoms with van der Waals surface area (Å²) in [5.41, 5.74) is 8.55. The summed E-state index contributed by atoms with van der Waals surface area (Å²) < 4.78 is 0. The Bertz CT molecular complexity index is 740. The average Bonchev–Trinajstić information content (AvgIpc) is 2.44. The summed E-state index contributed by atoms with van der Waals surface area (Å²) in [6.07, 6.45) is 3.53. The van der Waals surface area contributed by atoms with Crippen LogP contribution in [0.1, 0.15) is 0 Å². The molecule has 0 aliphatic carbocycles. The monoisotopic (exact) mass is 269 g/mol. The van der Waals surface area contributed by atoms with Gasteiger partial charge in [-0.15, -0.1) is 0 Å². The van der Waals surface area contributed by atoms with E-state index in [0.717, 1.165) is 22.1 Å². The van der Waals surface area contributed by atoms with Crippen molar-refractivity contribution in [1.82, 2.24) is 4.98 Å². The molecule has 0 atom stereocenters. The van der Waals surface area contributed by atoms with E-state index in [9.17, 15) is 0 Å². The normalized spacial score (nSPS) is 10.6. The Hall–Kier alpha value is -2.26. The van der Waals surface area contributed by atoms with E-state index in [-0.39, 0.29) is 0 Å². The first-order valence-corrected chi connectivity index (χ1v) is 6.27. The van der Waals surface area contributed by atoms with Crippen molar-refractivity contribution in [3.8, 4) is 0 Å². The molecule has 94 valence electrons.